The first-order valence-electron chi connectivity index (χ1n) is 12.8. The van der Waals surface area contributed by atoms with Crippen LogP contribution in [0.3, 0.4) is 0 Å². The Morgan fingerprint density at radius 1 is 1.23 bits per heavy atom. The SMILES string of the molecule is CCCCOC(=O)N1CCC(C)(COc2c(C)cnc3c2c(Br)cn3COCC[Si](C)(C)C)CC1. The molecule has 1 fully saturated rings. The monoisotopic (exact) mass is 567 g/mol. The number of hydrogen-bond donors (Lipinski definition) is 0. The van der Waals surface area contributed by atoms with Crippen LogP contribution in [0.15, 0.2) is 16.9 Å². The maximum Gasteiger partial charge on any atom is 0.409 e. The van der Waals surface area contributed by atoms with Crippen LogP contribution in [-0.4, -0.2) is 61.5 Å². The Kier molecular flexibility index (Phi) is 9.68. The van der Waals surface area contributed by atoms with Crippen molar-refractivity contribution in [1.29, 1.82) is 0 Å². The fourth-order valence-electron chi connectivity index (χ4n) is 4.12. The normalized spacial score (nSPS) is 16.0. The minimum absolute atomic E-state index is 0.00275. The second kappa shape index (κ2) is 12.1. The Labute approximate surface area is 219 Å². The van der Waals surface area contributed by atoms with E-state index in [0.717, 1.165) is 65.2 Å². The average Bonchev–Trinajstić information content (AvgIpc) is 3.11. The Morgan fingerprint density at radius 3 is 2.60 bits per heavy atom. The van der Waals surface area contributed by atoms with Crippen LogP contribution in [0.5, 0.6) is 5.75 Å². The highest BCUT2D eigenvalue weighted by Crippen LogP contribution is 2.38. The van der Waals surface area contributed by atoms with Gasteiger partial charge in [0, 0.05) is 55.6 Å². The van der Waals surface area contributed by atoms with Crippen LogP contribution in [0, 0.1) is 12.3 Å². The molecule has 2 aromatic rings. The molecule has 0 saturated carbocycles. The van der Waals surface area contributed by atoms with Gasteiger partial charge in [-0.2, -0.15) is 0 Å². The lowest BCUT2D eigenvalue weighted by atomic mass is 9.81. The molecule has 0 unspecified atom stereocenters. The lowest BCUT2D eigenvalue weighted by molar-refractivity contribution is 0.0501. The number of amides is 1. The molecule has 0 N–H and O–H groups in total. The van der Waals surface area contributed by atoms with E-state index >= 15 is 0 Å². The van der Waals surface area contributed by atoms with Gasteiger partial charge in [-0.25, -0.2) is 9.78 Å². The maximum absolute atomic E-state index is 12.3. The number of ether oxygens (including phenoxy) is 3. The minimum atomic E-state index is -1.12. The summed E-state index contributed by atoms with van der Waals surface area (Å²) in [5, 5.41) is 0.985. The molecule has 1 saturated heterocycles. The van der Waals surface area contributed by atoms with Crippen LogP contribution < -0.4 is 4.74 Å². The Balaban J connectivity index is 1.62. The van der Waals surface area contributed by atoms with Gasteiger partial charge in [0.15, 0.2) is 0 Å². The first-order valence-corrected chi connectivity index (χ1v) is 17.3. The zero-order chi connectivity index (χ0) is 25.6. The molecule has 1 aliphatic heterocycles. The summed E-state index contributed by atoms with van der Waals surface area (Å²) in [4.78, 5) is 18.8. The van der Waals surface area contributed by atoms with E-state index in [1.54, 1.807) is 0 Å². The molecular formula is C26H42BrN3O4Si. The second-order valence-corrected chi connectivity index (χ2v) is 17.8. The van der Waals surface area contributed by atoms with E-state index in [-0.39, 0.29) is 11.5 Å². The largest absolute Gasteiger partial charge is 0.492 e. The molecule has 0 atom stereocenters. The van der Waals surface area contributed by atoms with Crippen molar-refractivity contribution < 1.29 is 19.0 Å². The highest BCUT2D eigenvalue weighted by Gasteiger charge is 2.33. The zero-order valence-corrected chi connectivity index (χ0v) is 24.9. The summed E-state index contributed by atoms with van der Waals surface area (Å²) in [5.74, 6) is 0.866. The number of halogens is 1. The lowest BCUT2D eigenvalue weighted by Crippen LogP contribution is -2.44. The van der Waals surface area contributed by atoms with Crippen molar-refractivity contribution in [2.24, 2.45) is 5.41 Å². The summed E-state index contributed by atoms with van der Waals surface area (Å²) in [6.45, 7) is 17.2. The quantitative estimate of drug-likeness (QED) is 0.219. The van der Waals surface area contributed by atoms with Gasteiger partial charge >= 0.3 is 6.09 Å². The van der Waals surface area contributed by atoms with Gasteiger partial charge in [0.25, 0.3) is 0 Å². The first kappa shape index (κ1) is 28.0. The average molecular weight is 569 g/mol. The summed E-state index contributed by atoms with van der Waals surface area (Å²) in [6.07, 6.45) is 7.42. The minimum Gasteiger partial charge on any atom is -0.492 e. The first-order chi connectivity index (χ1) is 16.5. The summed E-state index contributed by atoms with van der Waals surface area (Å²) < 4.78 is 20.8. The van der Waals surface area contributed by atoms with Gasteiger partial charge in [-0.3, -0.25) is 0 Å². The molecule has 3 rings (SSSR count). The Bertz CT molecular complexity index is 997. The van der Waals surface area contributed by atoms with Crippen LogP contribution in [0.2, 0.25) is 25.7 Å². The second-order valence-electron chi connectivity index (χ2n) is 11.3. The van der Waals surface area contributed by atoms with Crippen molar-refractivity contribution in [2.75, 3.05) is 32.9 Å². The van der Waals surface area contributed by atoms with E-state index in [2.05, 4.69) is 54.4 Å². The standard InChI is InChI=1S/C26H42BrN3O4Si/c1-7-8-13-33-25(31)29-11-9-26(3,10-12-29)18-34-23-20(2)16-28-24-22(23)21(27)17-30(24)19-32-14-15-35(4,5)6/h16-17H,7-15,18-19H2,1-6H3. The van der Waals surface area contributed by atoms with E-state index in [9.17, 15) is 4.79 Å². The number of nitrogens with zero attached hydrogens (tertiary/aromatic N) is 3. The molecule has 0 aromatic carbocycles. The van der Waals surface area contributed by atoms with Crippen LogP contribution in [-0.2, 0) is 16.2 Å². The predicted molar refractivity (Wildman–Crippen MR) is 147 cm³/mol. The van der Waals surface area contributed by atoms with Gasteiger partial charge in [0.05, 0.1) is 18.6 Å². The molecule has 3 heterocycles. The van der Waals surface area contributed by atoms with Crippen LogP contribution in [0.1, 0.15) is 45.1 Å². The number of likely N-dealkylation sites (tertiary alicyclic amines) is 1. The van der Waals surface area contributed by atoms with E-state index in [4.69, 9.17) is 14.2 Å². The molecule has 1 aliphatic rings. The number of rotatable bonds is 11. The van der Waals surface area contributed by atoms with Gasteiger partial charge in [0.2, 0.25) is 0 Å². The van der Waals surface area contributed by atoms with Crippen molar-refractivity contribution >= 4 is 41.1 Å². The third-order valence-electron chi connectivity index (χ3n) is 6.71. The van der Waals surface area contributed by atoms with Crippen LogP contribution in [0.25, 0.3) is 11.0 Å². The molecule has 0 spiro atoms. The van der Waals surface area contributed by atoms with Crippen molar-refractivity contribution in [3.05, 3.63) is 22.4 Å². The van der Waals surface area contributed by atoms with Gasteiger partial charge in [-0.1, -0.05) is 39.9 Å². The molecule has 9 heteroatoms. The Morgan fingerprint density at radius 2 is 1.94 bits per heavy atom. The third-order valence-corrected chi connectivity index (χ3v) is 9.02. The number of pyridine rings is 1. The van der Waals surface area contributed by atoms with Gasteiger partial charge in [-0.05, 0) is 48.2 Å². The highest BCUT2D eigenvalue weighted by molar-refractivity contribution is 9.10. The number of carbonyl (C=O) groups excluding carboxylic acids is 1. The van der Waals surface area contributed by atoms with E-state index < -0.39 is 8.07 Å². The molecule has 0 bridgehead atoms. The summed E-state index contributed by atoms with van der Waals surface area (Å²) in [6, 6.07) is 1.14. The van der Waals surface area contributed by atoms with E-state index in [1.807, 2.05) is 28.8 Å². The van der Waals surface area contributed by atoms with Crippen molar-refractivity contribution in [2.45, 2.75) is 78.9 Å². The number of carbonyl (C=O) groups is 1. The molecule has 196 valence electrons. The molecule has 0 aliphatic carbocycles. The fraction of sp³-hybridized carbons (Fsp3) is 0.692. The van der Waals surface area contributed by atoms with Crippen LogP contribution >= 0.6 is 15.9 Å². The maximum atomic E-state index is 12.3. The van der Waals surface area contributed by atoms with Gasteiger partial charge < -0.3 is 23.7 Å². The third kappa shape index (κ3) is 7.70. The van der Waals surface area contributed by atoms with Crippen molar-refractivity contribution in [3.63, 3.8) is 0 Å². The summed E-state index contributed by atoms with van der Waals surface area (Å²) in [5.41, 5.74) is 1.87. The molecule has 1 amide bonds. The van der Waals surface area contributed by atoms with Gasteiger partial charge in [-0.15, -0.1) is 0 Å². The summed E-state index contributed by atoms with van der Waals surface area (Å²) >= 11 is 3.72. The highest BCUT2D eigenvalue weighted by atomic mass is 79.9. The molecule has 35 heavy (non-hydrogen) atoms. The number of fused-ring (bicyclic) bond motifs is 1. The lowest BCUT2D eigenvalue weighted by Gasteiger charge is -2.38. The molecule has 0 radical (unpaired) electrons. The number of piperidine rings is 1. The van der Waals surface area contributed by atoms with Crippen molar-refractivity contribution in [3.8, 4) is 5.75 Å². The molecular weight excluding hydrogens is 526 g/mol. The molecule has 2 aromatic heterocycles. The van der Waals surface area contributed by atoms with E-state index in [1.165, 1.54) is 0 Å². The van der Waals surface area contributed by atoms with Crippen molar-refractivity contribution in [1.82, 2.24) is 14.5 Å². The Hall–Kier alpha value is -1.58. The fourth-order valence-corrected chi connectivity index (χ4v) is 5.48. The topological polar surface area (TPSA) is 65.8 Å². The number of aryl methyl sites for hydroxylation is 1. The van der Waals surface area contributed by atoms with Gasteiger partial charge in [0.1, 0.15) is 18.1 Å². The summed E-state index contributed by atoms with van der Waals surface area (Å²) in [7, 11) is -1.12. The number of unbranched alkanes of at least 4 members (excludes halogenated alkanes) is 1. The van der Waals surface area contributed by atoms with E-state index in [0.29, 0.717) is 33.0 Å². The number of aromatic nitrogens is 2. The smallest absolute Gasteiger partial charge is 0.409 e. The van der Waals surface area contributed by atoms with Crippen LogP contribution in [0.4, 0.5) is 4.79 Å². The molecule has 7 nitrogen and oxygen atoms in total. The number of hydrogen-bond acceptors (Lipinski definition) is 5. The zero-order valence-electron chi connectivity index (χ0n) is 22.3. The predicted octanol–water partition coefficient (Wildman–Crippen LogP) is 6.84.